The summed E-state index contributed by atoms with van der Waals surface area (Å²) in [6, 6.07) is 4.49. The number of piperidine rings is 1. The van der Waals surface area contributed by atoms with E-state index in [4.69, 9.17) is 23.2 Å². The third kappa shape index (κ3) is 4.59. The van der Waals surface area contributed by atoms with Crippen molar-refractivity contribution in [2.45, 2.75) is 19.8 Å². The zero-order valence-corrected chi connectivity index (χ0v) is 14.1. The summed E-state index contributed by atoms with van der Waals surface area (Å²) in [5.41, 5.74) is 4.88. The monoisotopic (exact) mass is 357 g/mol. The molecule has 1 saturated heterocycles. The molecule has 8 heteroatoms. The molecule has 6 nitrogen and oxygen atoms in total. The van der Waals surface area contributed by atoms with Crippen molar-refractivity contribution in [2.75, 3.05) is 13.1 Å². The number of nitrogens with zero attached hydrogens (tertiary/aromatic N) is 1. The van der Waals surface area contributed by atoms with Gasteiger partial charge in [-0.2, -0.15) is 0 Å². The van der Waals surface area contributed by atoms with E-state index in [1.54, 1.807) is 11.0 Å². The highest BCUT2D eigenvalue weighted by molar-refractivity contribution is 6.35. The van der Waals surface area contributed by atoms with Gasteiger partial charge in [0, 0.05) is 25.0 Å². The first-order valence-corrected chi connectivity index (χ1v) is 7.95. The van der Waals surface area contributed by atoms with Gasteiger partial charge in [-0.05, 0) is 31.0 Å². The Labute approximate surface area is 144 Å². The van der Waals surface area contributed by atoms with E-state index in [0.29, 0.717) is 24.5 Å². The van der Waals surface area contributed by atoms with Crippen LogP contribution in [-0.2, 0) is 9.59 Å². The first-order valence-electron chi connectivity index (χ1n) is 7.19. The van der Waals surface area contributed by atoms with Gasteiger partial charge in [0.15, 0.2) is 0 Å². The summed E-state index contributed by atoms with van der Waals surface area (Å²) in [5.74, 6) is -1.28. The first-order chi connectivity index (χ1) is 10.9. The molecule has 0 unspecified atom stereocenters. The Balaban J connectivity index is 1.92. The average Bonchev–Trinajstić information content (AvgIpc) is 2.54. The van der Waals surface area contributed by atoms with Gasteiger partial charge in [0.25, 0.3) is 5.91 Å². The van der Waals surface area contributed by atoms with Crippen LogP contribution in [0.15, 0.2) is 18.2 Å². The Bertz CT molecular complexity index is 636. The van der Waals surface area contributed by atoms with Crippen LogP contribution < -0.4 is 10.9 Å². The maximum atomic E-state index is 12.1. The van der Waals surface area contributed by atoms with Crippen LogP contribution >= 0.6 is 23.2 Å². The number of hydrogen-bond donors (Lipinski definition) is 2. The van der Waals surface area contributed by atoms with Crippen molar-refractivity contribution in [3.63, 3.8) is 0 Å². The molecule has 1 atom stereocenters. The van der Waals surface area contributed by atoms with Crippen LogP contribution in [0.5, 0.6) is 0 Å². The van der Waals surface area contributed by atoms with Crippen molar-refractivity contribution in [3.8, 4) is 0 Å². The molecule has 0 bridgehead atoms. The molecular formula is C15H17Cl2N3O3. The van der Waals surface area contributed by atoms with Gasteiger partial charge in [0.05, 0.1) is 16.5 Å². The van der Waals surface area contributed by atoms with Gasteiger partial charge in [-0.1, -0.05) is 23.2 Å². The third-order valence-electron chi connectivity index (χ3n) is 3.71. The van der Waals surface area contributed by atoms with E-state index in [2.05, 4.69) is 10.9 Å². The Hall–Kier alpha value is -1.79. The highest BCUT2D eigenvalue weighted by Crippen LogP contribution is 2.20. The number of carbonyl (C=O) groups is 3. The lowest BCUT2D eigenvalue weighted by Gasteiger charge is -2.31. The smallest absolute Gasteiger partial charge is 0.271 e. The third-order valence-corrected chi connectivity index (χ3v) is 4.27. The topological polar surface area (TPSA) is 78.5 Å². The molecule has 3 amide bonds. The maximum Gasteiger partial charge on any atom is 0.271 e. The van der Waals surface area contributed by atoms with E-state index in [9.17, 15) is 14.4 Å². The molecule has 1 aromatic carbocycles. The number of likely N-dealkylation sites (tertiary alicyclic amines) is 1. The molecule has 1 fully saturated rings. The molecule has 2 N–H and O–H groups in total. The first kappa shape index (κ1) is 17.6. The van der Waals surface area contributed by atoms with Gasteiger partial charge < -0.3 is 4.90 Å². The zero-order chi connectivity index (χ0) is 17.0. The van der Waals surface area contributed by atoms with Gasteiger partial charge in [-0.25, -0.2) is 0 Å². The number of carbonyl (C=O) groups excluding carboxylic acids is 3. The number of benzene rings is 1. The summed E-state index contributed by atoms with van der Waals surface area (Å²) >= 11 is 11.8. The molecule has 1 aromatic rings. The molecule has 1 aliphatic rings. The molecule has 1 heterocycles. The van der Waals surface area contributed by atoms with Crippen molar-refractivity contribution in [3.05, 3.63) is 33.8 Å². The fourth-order valence-electron chi connectivity index (χ4n) is 2.44. The number of hydrazine groups is 1. The lowest BCUT2D eigenvalue weighted by atomic mass is 9.97. The summed E-state index contributed by atoms with van der Waals surface area (Å²) in [5, 5.41) is 0.608. The minimum absolute atomic E-state index is 0.0581. The highest BCUT2D eigenvalue weighted by Gasteiger charge is 2.27. The molecule has 23 heavy (non-hydrogen) atoms. The van der Waals surface area contributed by atoms with Crippen LogP contribution in [0, 0.1) is 5.92 Å². The van der Waals surface area contributed by atoms with Gasteiger partial charge >= 0.3 is 0 Å². The molecule has 2 rings (SSSR count). The minimum atomic E-state index is -0.551. The average molecular weight is 358 g/mol. The van der Waals surface area contributed by atoms with Crippen LogP contribution in [0.3, 0.4) is 0 Å². The summed E-state index contributed by atoms with van der Waals surface area (Å²) in [6.07, 6.45) is 1.43. The SMILES string of the molecule is CC(=O)N1CCC[C@@H](C(=O)NNC(=O)c2cc(Cl)ccc2Cl)C1. The van der Waals surface area contributed by atoms with Crippen LogP contribution in [0.1, 0.15) is 30.1 Å². The number of nitrogens with one attached hydrogen (secondary N) is 2. The number of halogens is 2. The molecule has 124 valence electrons. The summed E-state index contributed by atoms with van der Waals surface area (Å²) < 4.78 is 0. The summed E-state index contributed by atoms with van der Waals surface area (Å²) in [7, 11) is 0. The quantitative estimate of drug-likeness (QED) is 0.794. The van der Waals surface area contributed by atoms with Crippen molar-refractivity contribution in [1.29, 1.82) is 0 Å². The molecular weight excluding hydrogens is 341 g/mol. The van der Waals surface area contributed by atoms with Crippen LogP contribution in [0.2, 0.25) is 10.0 Å². The predicted molar refractivity (Wildman–Crippen MR) is 87.0 cm³/mol. The number of hydrogen-bond acceptors (Lipinski definition) is 3. The van der Waals surface area contributed by atoms with Gasteiger partial charge in [-0.3, -0.25) is 25.2 Å². The van der Waals surface area contributed by atoms with Gasteiger partial charge in [0.2, 0.25) is 11.8 Å². The maximum absolute atomic E-state index is 12.1. The van der Waals surface area contributed by atoms with Crippen LogP contribution in [0.25, 0.3) is 0 Å². The molecule has 0 aromatic heterocycles. The van der Waals surface area contributed by atoms with E-state index in [-0.39, 0.29) is 28.3 Å². The largest absolute Gasteiger partial charge is 0.342 e. The second-order valence-electron chi connectivity index (χ2n) is 5.37. The normalized spacial score (nSPS) is 17.5. The molecule has 0 radical (unpaired) electrons. The molecule has 0 aliphatic carbocycles. The molecule has 0 saturated carbocycles. The fourth-order valence-corrected chi connectivity index (χ4v) is 2.81. The Morgan fingerprint density at radius 3 is 2.65 bits per heavy atom. The Morgan fingerprint density at radius 1 is 1.22 bits per heavy atom. The number of amides is 3. The van der Waals surface area contributed by atoms with Crippen molar-refractivity contribution >= 4 is 40.9 Å². The van der Waals surface area contributed by atoms with Crippen molar-refractivity contribution in [2.24, 2.45) is 5.92 Å². The van der Waals surface area contributed by atoms with E-state index in [1.165, 1.54) is 19.1 Å². The van der Waals surface area contributed by atoms with Gasteiger partial charge in [0.1, 0.15) is 0 Å². The highest BCUT2D eigenvalue weighted by atomic mass is 35.5. The van der Waals surface area contributed by atoms with Crippen molar-refractivity contribution in [1.82, 2.24) is 15.8 Å². The lowest BCUT2D eigenvalue weighted by Crippen LogP contribution is -2.49. The standard InChI is InChI=1S/C15H17Cl2N3O3/c1-9(21)20-6-2-3-10(8-20)14(22)18-19-15(23)12-7-11(16)4-5-13(12)17/h4-5,7,10H,2-3,6,8H2,1H3,(H,18,22)(H,19,23)/t10-/m1/s1. The zero-order valence-electron chi connectivity index (χ0n) is 12.6. The van der Waals surface area contributed by atoms with E-state index >= 15 is 0 Å². The fraction of sp³-hybridized carbons (Fsp3) is 0.400. The Kier molecular flexibility index (Phi) is 5.85. The van der Waals surface area contributed by atoms with Crippen LogP contribution in [-0.4, -0.2) is 35.7 Å². The minimum Gasteiger partial charge on any atom is -0.342 e. The lowest BCUT2D eigenvalue weighted by molar-refractivity contribution is -0.134. The predicted octanol–water partition coefficient (Wildman–Crippen LogP) is 2.01. The second kappa shape index (κ2) is 7.66. The summed E-state index contributed by atoms with van der Waals surface area (Å²) in [6.45, 7) is 2.49. The van der Waals surface area contributed by atoms with Crippen LogP contribution in [0.4, 0.5) is 0 Å². The van der Waals surface area contributed by atoms with E-state index < -0.39 is 5.91 Å². The number of rotatable bonds is 2. The Morgan fingerprint density at radius 2 is 1.96 bits per heavy atom. The second-order valence-corrected chi connectivity index (χ2v) is 6.22. The summed E-state index contributed by atoms with van der Waals surface area (Å²) in [4.78, 5) is 37.2. The van der Waals surface area contributed by atoms with E-state index in [1.807, 2.05) is 0 Å². The van der Waals surface area contributed by atoms with E-state index in [0.717, 1.165) is 6.42 Å². The van der Waals surface area contributed by atoms with Crippen molar-refractivity contribution < 1.29 is 14.4 Å². The molecule has 1 aliphatic heterocycles. The molecule has 0 spiro atoms. The van der Waals surface area contributed by atoms with Gasteiger partial charge in [-0.15, -0.1) is 0 Å².